The van der Waals surface area contributed by atoms with Gasteiger partial charge in [0.1, 0.15) is 0 Å². The number of aromatic amines is 1. The van der Waals surface area contributed by atoms with Crippen LogP contribution in [-0.2, 0) is 25.7 Å². The average molecular weight is 527 g/mol. The maximum absolute atomic E-state index is 13.3. The van der Waals surface area contributed by atoms with Crippen molar-refractivity contribution in [2.75, 3.05) is 23.7 Å². The molecule has 2 aromatic heterocycles. The van der Waals surface area contributed by atoms with Crippen molar-refractivity contribution < 1.29 is 19.2 Å². The summed E-state index contributed by atoms with van der Waals surface area (Å²) in [5.74, 6) is -1.40. The van der Waals surface area contributed by atoms with Crippen molar-refractivity contribution in [3.8, 4) is 0 Å². The van der Waals surface area contributed by atoms with E-state index in [4.69, 9.17) is 0 Å². The van der Waals surface area contributed by atoms with Crippen LogP contribution < -0.4 is 21.3 Å². The maximum atomic E-state index is 13.3. The van der Waals surface area contributed by atoms with E-state index >= 15 is 0 Å². The van der Waals surface area contributed by atoms with Crippen molar-refractivity contribution in [2.24, 2.45) is 0 Å². The molecule has 4 aromatic rings. The fraction of sp³-hybridized carbons (Fsp3) is 0.241. The molecule has 3 heterocycles. The first-order valence-electron chi connectivity index (χ1n) is 12.9. The van der Waals surface area contributed by atoms with Gasteiger partial charge < -0.3 is 25.5 Å². The lowest BCUT2D eigenvalue weighted by molar-refractivity contribution is -0.123. The highest BCUT2D eigenvalue weighted by Crippen LogP contribution is 2.39. The van der Waals surface area contributed by atoms with Gasteiger partial charge >= 0.3 is 0 Å². The first kappa shape index (κ1) is 25.9. The minimum atomic E-state index is -0.494. The number of anilines is 2. The molecule has 0 aliphatic carbocycles. The molecule has 0 fully saturated rings. The zero-order valence-corrected chi connectivity index (χ0v) is 22.0. The Morgan fingerprint density at radius 3 is 2.18 bits per heavy atom. The molecule has 0 saturated carbocycles. The van der Waals surface area contributed by atoms with Crippen molar-refractivity contribution in [1.82, 2.24) is 20.2 Å². The first-order valence-corrected chi connectivity index (χ1v) is 12.9. The van der Waals surface area contributed by atoms with Gasteiger partial charge in [0.2, 0.25) is 11.8 Å². The van der Waals surface area contributed by atoms with Gasteiger partial charge in [0.05, 0.1) is 11.1 Å². The van der Waals surface area contributed by atoms with E-state index in [1.807, 2.05) is 30.5 Å². The number of aromatic nitrogens is 2. The summed E-state index contributed by atoms with van der Waals surface area (Å²) < 4.78 is 2.07. The molecule has 0 saturated heterocycles. The summed E-state index contributed by atoms with van der Waals surface area (Å²) >= 11 is 0. The largest absolute Gasteiger partial charge is 0.361 e. The smallest absolute Gasteiger partial charge is 0.259 e. The molecule has 0 bridgehead atoms. The molecule has 39 heavy (non-hydrogen) atoms. The molecule has 0 radical (unpaired) electrons. The number of rotatable bonds is 9. The molecule has 1 aliphatic heterocycles. The number of aryl methyl sites for hydroxylation is 1. The van der Waals surface area contributed by atoms with E-state index in [-0.39, 0.29) is 23.0 Å². The van der Waals surface area contributed by atoms with E-state index in [2.05, 4.69) is 37.7 Å². The number of H-pyrrole nitrogens is 1. The molecule has 5 N–H and O–H groups in total. The molecule has 4 amide bonds. The van der Waals surface area contributed by atoms with Crippen LogP contribution in [0.3, 0.4) is 0 Å². The van der Waals surface area contributed by atoms with Crippen LogP contribution >= 0.6 is 0 Å². The Morgan fingerprint density at radius 2 is 1.51 bits per heavy atom. The standard InChI is InChI=1S/C29H30N6O4/c1-4-30-10-5-11-35-15-23(21-13-19(33-17(3)37)7-9-25(21)35)27-26(28(38)34-29(27)39)22-14-31-24-8-6-18(12-20(22)24)32-16(2)36/h6-9,12-15,30-31H,4-5,10-11H2,1-3H3,(H,32,36)(H,33,37)(H,34,38,39). The second-order valence-electron chi connectivity index (χ2n) is 9.53. The van der Waals surface area contributed by atoms with E-state index in [1.54, 1.807) is 18.3 Å². The predicted octanol–water partition coefficient (Wildman–Crippen LogP) is 3.61. The monoisotopic (exact) mass is 526 g/mol. The third kappa shape index (κ3) is 5.06. The van der Waals surface area contributed by atoms with Gasteiger partial charge in [-0.1, -0.05) is 6.92 Å². The minimum Gasteiger partial charge on any atom is -0.361 e. The van der Waals surface area contributed by atoms with E-state index in [1.165, 1.54) is 13.8 Å². The van der Waals surface area contributed by atoms with E-state index < -0.39 is 11.8 Å². The summed E-state index contributed by atoms with van der Waals surface area (Å²) in [4.78, 5) is 53.1. The number of hydrogen-bond acceptors (Lipinski definition) is 5. The molecule has 10 nitrogen and oxygen atoms in total. The van der Waals surface area contributed by atoms with E-state index in [9.17, 15) is 19.2 Å². The van der Waals surface area contributed by atoms with Gasteiger partial charge in [0, 0.05) is 77.1 Å². The number of nitrogens with one attached hydrogen (secondary N) is 5. The Morgan fingerprint density at radius 1 is 0.872 bits per heavy atom. The molecule has 0 spiro atoms. The van der Waals surface area contributed by atoms with Gasteiger partial charge in [-0.15, -0.1) is 0 Å². The lowest BCUT2D eigenvalue weighted by atomic mass is 9.95. The lowest BCUT2D eigenvalue weighted by Crippen LogP contribution is -2.22. The fourth-order valence-electron chi connectivity index (χ4n) is 5.09. The normalized spacial score (nSPS) is 13.4. The number of benzene rings is 2. The lowest BCUT2D eigenvalue weighted by Gasteiger charge is -2.07. The van der Waals surface area contributed by atoms with Gasteiger partial charge in [-0.05, 0) is 55.9 Å². The van der Waals surface area contributed by atoms with Gasteiger partial charge in [0.15, 0.2) is 0 Å². The topological polar surface area (TPSA) is 137 Å². The molecule has 200 valence electrons. The maximum Gasteiger partial charge on any atom is 0.259 e. The van der Waals surface area contributed by atoms with Gasteiger partial charge in [-0.3, -0.25) is 24.5 Å². The van der Waals surface area contributed by atoms with Crippen molar-refractivity contribution in [1.29, 1.82) is 0 Å². The van der Waals surface area contributed by atoms with Gasteiger partial charge in [-0.25, -0.2) is 0 Å². The number of fused-ring (bicyclic) bond motifs is 2. The Balaban J connectivity index is 1.70. The van der Waals surface area contributed by atoms with E-state index in [0.717, 1.165) is 35.9 Å². The number of carbonyl (C=O) groups is 4. The minimum absolute atomic E-state index is 0.205. The summed E-state index contributed by atoms with van der Waals surface area (Å²) in [5, 5.41) is 12.8. The third-order valence-corrected chi connectivity index (χ3v) is 6.68. The number of hydrogen-bond donors (Lipinski definition) is 5. The summed E-state index contributed by atoms with van der Waals surface area (Å²) in [6, 6.07) is 10.9. The Labute approximate surface area is 224 Å². The van der Waals surface area contributed by atoms with Crippen LogP contribution in [0.2, 0.25) is 0 Å². The average Bonchev–Trinajstić information content (AvgIpc) is 3.53. The summed E-state index contributed by atoms with van der Waals surface area (Å²) in [6.45, 7) is 7.34. The van der Waals surface area contributed by atoms with Crippen LogP contribution in [0.4, 0.5) is 11.4 Å². The van der Waals surface area contributed by atoms with Crippen LogP contribution in [0, 0.1) is 0 Å². The van der Waals surface area contributed by atoms with Crippen LogP contribution in [0.25, 0.3) is 33.0 Å². The first-order chi connectivity index (χ1) is 18.8. The quantitative estimate of drug-likeness (QED) is 0.168. The molecule has 0 atom stereocenters. The van der Waals surface area contributed by atoms with Crippen LogP contribution in [-0.4, -0.2) is 46.3 Å². The number of carbonyl (C=O) groups excluding carboxylic acids is 4. The molecular weight excluding hydrogens is 496 g/mol. The molecule has 5 rings (SSSR count). The Hall–Kier alpha value is -4.70. The molecule has 10 heteroatoms. The Kier molecular flexibility index (Phi) is 7.03. The zero-order chi connectivity index (χ0) is 27.7. The predicted molar refractivity (Wildman–Crippen MR) is 152 cm³/mol. The van der Waals surface area contributed by atoms with Crippen molar-refractivity contribution in [2.45, 2.75) is 33.7 Å². The van der Waals surface area contributed by atoms with Crippen molar-refractivity contribution in [3.05, 3.63) is 59.9 Å². The number of amides is 4. The molecular formula is C29H30N6O4. The van der Waals surface area contributed by atoms with Gasteiger partial charge in [-0.2, -0.15) is 0 Å². The molecule has 2 aromatic carbocycles. The van der Waals surface area contributed by atoms with Crippen LogP contribution in [0.5, 0.6) is 0 Å². The zero-order valence-electron chi connectivity index (χ0n) is 22.0. The van der Waals surface area contributed by atoms with Crippen molar-refractivity contribution in [3.63, 3.8) is 0 Å². The highest BCUT2D eigenvalue weighted by atomic mass is 16.2. The molecule has 0 unspecified atom stereocenters. The Bertz CT molecular complexity index is 1680. The number of imide groups is 1. The van der Waals surface area contributed by atoms with Crippen LogP contribution in [0.15, 0.2) is 48.8 Å². The second kappa shape index (κ2) is 10.6. The van der Waals surface area contributed by atoms with Crippen molar-refractivity contribution >= 4 is 68.0 Å². The molecule has 1 aliphatic rings. The SMILES string of the molecule is CCNCCCn1cc(C2=C(c3c[nH]c4ccc(NC(C)=O)cc34)C(=O)NC2=O)c2cc(NC(C)=O)ccc21. The summed E-state index contributed by atoms with van der Waals surface area (Å²) in [5.41, 5.74) is 4.51. The van der Waals surface area contributed by atoms with Gasteiger partial charge in [0.25, 0.3) is 11.8 Å². The third-order valence-electron chi connectivity index (χ3n) is 6.68. The summed E-state index contributed by atoms with van der Waals surface area (Å²) in [7, 11) is 0. The highest BCUT2D eigenvalue weighted by molar-refractivity contribution is 6.50. The summed E-state index contributed by atoms with van der Waals surface area (Å²) in [6.07, 6.45) is 4.48. The number of nitrogens with zero attached hydrogens (tertiary/aromatic N) is 1. The second-order valence-corrected chi connectivity index (χ2v) is 9.53. The highest BCUT2D eigenvalue weighted by Gasteiger charge is 2.35. The van der Waals surface area contributed by atoms with Crippen LogP contribution in [0.1, 0.15) is 38.3 Å². The fourth-order valence-corrected chi connectivity index (χ4v) is 5.09. The van der Waals surface area contributed by atoms with E-state index in [0.29, 0.717) is 34.4 Å².